The third kappa shape index (κ3) is 2.87. The van der Waals surface area contributed by atoms with E-state index in [1.165, 1.54) is 25.4 Å². The maximum Gasteiger partial charge on any atom is 0.338 e. The van der Waals surface area contributed by atoms with Crippen LogP contribution in [0.2, 0.25) is 15.1 Å². The summed E-state index contributed by atoms with van der Waals surface area (Å²) in [4.78, 5) is 15.2. The molecule has 0 bridgehead atoms. The minimum absolute atomic E-state index is 0.0137. The van der Waals surface area contributed by atoms with Crippen LogP contribution >= 0.6 is 34.8 Å². The molecule has 2 aromatic rings. The second kappa shape index (κ2) is 5.95. The Hall–Kier alpha value is -1.36. The van der Waals surface area contributed by atoms with Crippen LogP contribution in [-0.2, 0) is 4.74 Å². The molecule has 0 fully saturated rings. The topological polar surface area (TPSA) is 39.2 Å². The standard InChI is InChI=1S/C13H7Cl3FNO2/c1-20-13(19)8-4-11(17)18-5-9(8)7-2-6(14)3-10(15)12(7)16/h2-5H,1H3. The number of halogens is 4. The van der Waals surface area contributed by atoms with Crippen LogP contribution in [0.15, 0.2) is 24.4 Å². The average Bonchev–Trinajstić information content (AvgIpc) is 2.42. The molecule has 104 valence electrons. The zero-order chi connectivity index (χ0) is 14.9. The first-order valence-electron chi connectivity index (χ1n) is 5.32. The lowest BCUT2D eigenvalue weighted by Crippen LogP contribution is -2.05. The highest BCUT2D eigenvalue weighted by Gasteiger charge is 2.19. The van der Waals surface area contributed by atoms with Crippen molar-refractivity contribution in [1.29, 1.82) is 0 Å². The van der Waals surface area contributed by atoms with E-state index in [0.717, 1.165) is 6.07 Å². The van der Waals surface area contributed by atoms with Gasteiger partial charge in [-0.05, 0) is 12.1 Å². The van der Waals surface area contributed by atoms with Crippen LogP contribution < -0.4 is 0 Å². The van der Waals surface area contributed by atoms with Gasteiger partial charge in [0, 0.05) is 28.4 Å². The molecule has 0 saturated heterocycles. The normalized spacial score (nSPS) is 10.4. The molecule has 0 radical (unpaired) electrons. The highest BCUT2D eigenvalue weighted by Crippen LogP contribution is 2.37. The zero-order valence-corrected chi connectivity index (χ0v) is 12.4. The van der Waals surface area contributed by atoms with E-state index in [2.05, 4.69) is 9.72 Å². The predicted molar refractivity (Wildman–Crippen MR) is 76.0 cm³/mol. The highest BCUT2D eigenvalue weighted by molar-refractivity contribution is 6.45. The monoisotopic (exact) mass is 333 g/mol. The first-order chi connectivity index (χ1) is 9.43. The minimum Gasteiger partial charge on any atom is -0.465 e. The van der Waals surface area contributed by atoms with Crippen molar-refractivity contribution >= 4 is 40.8 Å². The smallest absolute Gasteiger partial charge is 0.338 e. The summed E-state index contributed by atoms with van der Waals surface area (Å²) in [6.45, 7) is 0. The number of esters is 1. The molecule has 1 aromatic carbocycles. The van der Waals surface area contributed by atoms with Crippen LogP contribution in [0.5, 0.6) is 0 Å². The number of methoxy groups -OCH3 is 1. The zero-order valence-electron chi connectivity index (χ0n) is 10.1. The Morgan fingerprint density at radius 2 is 1.90 bits per heavy atom. The van der Waals surface area contributed by atoms with Gasteiger partial charge in [0.2, 0.25) is 5.95 Å². The lowest BCUT2D eigenvalue weighted by molar-refractivity contribution is 0.0601. The van der Waals surface area contributed by atoms with Crippen LogP contribution in [0.1, 0.15) is 10.4 Å². The number of pyridine rings is 1. The molecule has 3 nitrogen and oxygen atoms in total. The Balaban J connectivity index is 2.73. The van der Waals surface area contributed by atoms with Crippen molar-refractivity contribution in [3.63, 3.8) is 0 Å². The number of nitrogens with zero attached hydrogens (tertiary/aromatic N) is 1. The maximum absolute atomic E-state index is 13.2. The summed E-state index contributed by atoms with van der Waals surface area (Å²) in [7, 11) is 1.19. The number of benzene rings is 1. The van der Waals surface area contributed by atoms with Crippen molar-refractivity contribution in [2.75, 3.05) is 7.11 Å². The summed E-state index contributed by atoms with van der Waals surface area (Å²) in [6, 6.07) is 3.94. The highest BCUT2D eigenvalue weighted by atomic mass is 35.5. The number of aromatic nitrogens is 1. The second-order valence-electron chi connectivity index (χ2n) is 3.79. The number of rotatable bonds is 2. The van der Waals surface area contributed by atoms with Crippen molar-refractivity contribution in [1.82, 2.24) is 4.98 Å². The molecule has 0 atom stereocenters. The maximum atomic E-state index is 13.2. The molecule has 0 aliphatic heterocycles. The number of ether oxygens (including phenoxy) is 1. The molecular formula is C13H7Cl3FNO2. The molecule has 0 aliphatic rings. The van der Waals surface area contributed by atoms with E-state index in [1.807, 2.05) is 0 Å². The van der Waals surface area contributed by atoms with E-state index >= 15 is 0 Å². The van der Waals surface area contributed by atoms with Gasteiger partial charge >= 0.3 is 5.97 Å². The summed E-state index contributed by atoms with van der Waals surface area (Å²) >= 11 is 17.9. The number of hydrogen-bond acceptors (Lipinski definition) is 3. The molecule has 0 saturated carbocycles. The van der Waals surface area contributed by atoms with E-state index < -0.39 is 11.9 Å². The first kappa shape index (κ1) is 15.0. The van der Waals surface area contributed by atoms with E-state index in [-0.39, 0.29) is 21.2 Å². The van der Waals surface area contributed by atoms with Crippen LogP contribution in [0.3, 0.4) is 0 Å². The molecule has 1 heterocycles. The molecule has 20 heavy (non-hydrogen) atoms. The Morgan fingerprint density at radius 1 is 1.20 bits per heavy atom. The Kier molecular flexibility index (Phi) is 4.48. The summed E-state index contributed by atoms with van der Waals surface area (Å²) in [6.07, 6.45) is 1.18. The summed E-state index contributed by atoms with van der Waals surface area (Å²) in [5.41, 5.74) is 0.643. The minimum atomic E-state index is -0.807. The van der Waals surface area contributed by atoms with Gasteiger partial charge in [-0.1, -0.05) is 34.8 Å². The van der Waals surface area contributed by atoms with Crippen molar-refractivity contribution in [2.45, 2.75) is 0 Å². The molecule has 0 amide bonds. The second-order valence-corrected chi connectivity index (χ2v) is 5.01. The quantitative estimate of drug-likeness (QED) is 0.456. The first-order valence-corrected chi connectivity index (χ1v) is 6.46. The number of carbonyl (C=O) groups excluding carboxylic acids is 1. The molecule has 2 rings (SSSR count). The molecular weight excluding hydrogens is 328 g/mol. The molecule has 1 aromatic heterocycles. The fourth-order valence-electron chi connectivity index (χ4n) is 1.68. The Labute approximate surface area is 129 Å². The van der Waals surface area contributed by atoms with Crippen molar-refractivity contribution in [3.8, 4) is 11.1 Å². The van der Waals surface area contributed by atoms with E-state index in [0.29, 0.717) is 10.6 Å². The van der Waals surface area contributed by atoms with Crippen molar-refractivity contribution < 1.29 is 13.9 Å². The van der Waals surface area contributed by atoms with Gasteiger partial charge in [-0.25, -0.2) is 9.78 Å². The Bertz CT molecular complexity index is 692. The summed E-state index contributed by atoms with van der Waals surface area (Å²) in [5, 5.41) is 0.735. The van der Waals surface area contributed by atoms with Gasteiger partial charge in [0.1, 0.15) is 0 Å². The molecule has 7 heteroatoms. The van der Waals surface area contributed by atoms with Crippen molar-refractivity contribution in [2.24, 2.45) is 0 Å². The third-order valence-electron chi connectivity index (χ3n) is 2.56. The van der Waals surface area contributed by atoms with Gasteiger partial charge in [-0.2, -0.15) is 4.39 Å². The molecule has 0 aliphatic carbocycles. The van der Waals surface area contributed by atoms with Gasteiger partial charge in [-0.15, -0.1) is 0 Å². The fourth-order valence-corrected chi connectivity index (χ4v) is 2.38. The van der Waals surface area contributed by atoms with Crippen LogP contribution in [0, 0.1) is 5.95 Å². The molecule has 0 unspecified atom stereocenters. The van der Waals surface area contributed by atoms with Gasteiger partial charge in [-0.3, -0.25) is 0 Å². The van der Waals surface area contributed by atoms with Gasteiger partial charge in [0.25, 0.3) is 0 Å². The predicted octanol–water partition coefficient (Wildman–Crippen LogP) is 4.63. The van der Waals surface area contributed by atoms with Gasteiger partial charge < -0.3 is 4.74 Å². The molecule has 0 spiro atoms. The summed E-state index contributed by atoms with van der Waals surface area (Å²) in [5.74, 6) is -1.52. The van der Waals surface area contributed by atoms with Crippen LogP contribution in [0.25, 0.3) is 11.1 Å². The fraction of sp³-hybridized carbons (Fsp3) is 0.0769. The average molecular weight is 335 g/mol. The van der Waals surface area contributed by atoms with Gasteiger partial charge in [0.05, 0.1) is 22.7 Å². The van der Waals surface area contributed by atoms with E-state index in [1.54, 1.807) is 0 Å². The summed E-state index contributed by atoms with van der Waals surface area (Å²) < 4.78 is 17.8. The largest absolute Gasteiger partial charge is 0.465 e. The van der Waals surface area contributed by atoms with E-state index in [4.69, 9.17) is 34.8 Å². The Morgan fingerprint density at radius 3 is 2.55 bits per heavy atom. The van der Waals surface area contributed by atoms with Crippen LogP contribution in [-0.4, -0.2) is 18.1 Å². The molecule has 0 N–H and O–H groups in total. The lowest BCUT2D eigenvalue weighted by atomic mass is 10.0. The van der Waals surface area contributed by atoms with Crippen molar-refractivity contribution in [3.05, 3.63) is 51.0 Å². The number of carbonyl (C=O) groups is 1. The van der Waals surface area contributed by atoms with E-state index in [9.17, 15) is 9.18 Å². The third-order valence-corrected chi connectivity index (χ3v) is 3.58. The lowest BCUT2D eigenvalue weighted by Gasteiger charge is -2.11. The van der Waals surface area contributed by atoms with Gasteiger partial charge in [0.15, 0.2) is 0 Å². The van der Waals surface area contributed by atoms with Crippen LogP contribution in [0.4, 0.5) is 4.39 Å². The SMILES string of the molecule is COC(=O)c1cc(F)ncc1-c1cc(Cl)cc(Cl)c1Cl. The number of hydrogen-bond donors (Lipinski definition) is 0.